The van der Waals surface area contributed by atoms with Crippen molar-refractivity contribution in [2.24, 2.45) is 5.73 Å². The summed E-state index contributed by atoms with van der Waals surface area (Å²) < 4.78 is 0. The molecule has 1 rings (SSSR count). The summed E-state index contributed by atoms with van der Waals surface area (Å²) in [6, 6.07) is 4.18. The third kappa shape index (κ3) is 4.11. The van der Waals surface area contributed by atoms with Crippen LogP contribution in [0.4, 0.5) is 4.79 Å². The van der Waals surface area contributed by atoms with Crippen LogP contribution >= 0.6 is 35.0 Å². The Morgan fingerprint density at radius 2 is 1.88 bits per heavy atom. The van der Waals surface area contributed by atoms with Crippen LogP contribution in [0, 0.1) is 0 Å². The minimum absolute atomic E-state index is 0.459. The van der Waals surface area contributed by atoms with Gasteiger partial charge >= 0.3 is 6.03 Å². The maximum Gasteiger partial charge on any atom is 0.318 e. The zero-order valence-corrected chi connectivity index (χ0v) is 11.2. The molecule has 0 aromatic heterocycles. The monoisotopic (exact) mass is 292 g/mol. The molecule has 0 radical (unpaired) electrons. The Kier molecular flexibility index (Phi) is 5.11. The molecule has 0 fully saturated rings. The van der Waals surface area contributed by atoms with E-state index in [-0.39, 0.29) is 0 Å². The molecule has 0 bridgehead atoms. The van der Waals surface area contributed by atoms with Crippen molar-refractivity contribution in [2.75, 3.05) is 0 Å². The number of urea groups is 1. The Bertz CT molecular complexity index is 434. The van der Waals surface area contributed by atoms with Crippen molar-refractivity contribution in [2.45, 2.75) is 17.1 Å². The summed E-state index contributed by atoms with van der Waals surface area (Å²) in [5.74, 6) is -0.488. The molecule has 1 atom stereocenters. The molecule has 3 amide bonds. The minimum atomic E-state index is -0.882. The Morgan fingerprint density at radius 1 is 1.35 bits per heavy atom. The van der Waals surface area contributed by atoms with Gasteiger partial charge in [0.15, 0.2) is 0 Å². The number of primary amides is 1. The molecule has 0 aliphatic rings. The number of rotatable bonds is 3. The Balaban J connectivity index is 2.77. The molecule has 0 saturated carbocycles. The number of hydrogen-bond acceptors (Lipinski definition) is 3. The van der Waals surface area contributed by atoms with E-state index in [4.69, 9.17) is 28.9 Å². The highest BCUT2D eigenvalue weighted by Gasteiger charge is 2.18. The molecule has 0 aliphatic heterocycles. The normalized spacial score (nSPS) is 11.9. The number of benzene rings is 1. The van der Waals surface area contributed by atoms with E-state index in [1.54, 1.807) is 25.1 Å². The van der Waals surface area contributed by atoms with Gasteiger partial charge in [-0.25, -0.2) is 4.79 Å². The van der Waals surface area contributed by atoms with Gasteiger partial charge in [0.25, 0.3) is 0 Å². The maximum atomic E-state index is 11.5. The van der Waals surface area contributed by atoms with Gasteiger partial charge in [-0.15, -0.1) is 11.8 Å². The first kappa shape index (κ1) is 14.2. The van der Waals surface area contributed by atoms with E-state index in [0.717, 1.165) is 11.8 Å². The van der Waals surface area contributed by atoms with Crippen molar-refractivity contribution in [3.05, 3.63) is 28.2 Å². The standard InChI is InChI=1S/C10H10Cl2N2O2S/c1-5(9(15)14-10(13)16)17-8-6(11)3-2-4-7(8)12/h2-5H,1H3,(H3,13,14,15,16). The number of thioether (sulfide) groups is 1. The van der Waals surface area contributed by atoms with Crippen molar-refractivity contribution in [3.63, 3.8) is 0 Å². The second kappa shape index (κ2) is 6.14. The van der Waals surface area contributed by atoms with Gasteiger partial charge in [-0.05, 0) is 19.1 Å². The highest BCUT2D eigenvalue weighted by atomic mass is 35.5. The molecular formula is C10H10Cl2N2O2S. The second-order valence-electron chi connectivity index (χ2n) is 3.16. The number of amides is 3. The summed E-state index contributed by atoms with van der Waals surface area (Å²) in [5.41, 5.74) is 4.85. The Labute approximate surface area is 113 Å². The van der Waals surface area contributed by atoms with Crippen LogP contribution in [0.25, 0.3) is 0 Å². The van der Waals surface area contributed by atoms with Gasteiger partial charge in [0.05, 0.1) is 15.3 Å². The van der Waals surface area contributed by atoms with E-state index in [1.807, 2.05) is 5.32 Å². The fourth-order valence-electron chi connectivity index (χ4n) is 1.05. The van der Waals surface area contributed by atoms with Crippen LogP contribution < -0.4 is 11.1 Å². The molecule has 1 unspecified atom stereocenters. The summed E-state index contributed by atoms with van der Waals surface area (Å²) in [5, 5.41) is 2.39. The molecule has 92 valence electrons. The average molecular weight is 293 g/mol. The van der Waals surface area contributed by atoms with Crippen LogP contribution in [0.5, 0.6) is 0 Å². The van der Waals surface area contributed by atoms with Crippen LogP contribution in [0.15, 0.2) is 23.1 Å². The van der Waals surface area contributed by atoms with Gasteiger partial charge in [-0.1, -0.05) is 29.3 Å². The SMILES string of the molecule is CC(Sc1c(Cl)cccc1Cl)C(=O)NC(N)=O. The number of nitrogens with one attached hydrogen (secondary N) is 1. The van der Waals surface area contributed by atoms with Gasteiger partial charge < -0.3 is 5.73 Å². The van der Waals surface area contributed by atoms with Gasteiger partial charge in [-0.3, -0.25) is 10.1 Å². The summed E-state index contributed by atoms with van der Waals surface area (Å²) in [7, 11) is 0. The van der Waals surface area contributed by atoms with Crippen LogP contribution in [0.2, 0.25) is 10.0 Å². The van der Waals surface area contributed by atoms with E-state index in [1.165, 1.54) is 0 Å². The molecule has 17 heavy (non-hydrogen) atoms. The zero-order chi connectivity index (χ0) is 13.0. The lowest BCUT2D eigenvalue weighted by Crippen LogP contribution is -2.39. The lowest BCUT2D eigenvalue weighted by atomic mass is 10.4. The summed E-state index contributed by atoms with van der Waals surface area (Å²) >= 11 is 13.1. The molecule has 0 saturated heterocycles. The van der Waals surface area contributed by atoms with Crippen molar-refractivity contribution in [1.29, 1.82) is 0 Å². The third-order valence-corrected chi connectivity index (χ3v) is 3.93. The summed E-state index contributed by atoms with van der Waals surface area (Å²) in [6.45, 7) is 1.63. The first-order chi connectivity index (χ1) is 7.91. The fourth-order valence-corrected chi connectivity index (χ4v) is 2.59. The number of halogens is 2. The quantitative estimate of drug-likeness (QED) is 0.842. The molecule has 3 N–H and O–H groups in total. The minimum Gasteiger partial charge on any atom is -0.351 e. The number of carbonyl (C=O) groups is 2. The zero-order valence-electron chi connectivity index (χ0n) is 8.87. The molecule has 1 aromatic carbocycles. The number of nitrogens with two attached hydrogens (primary N) is 1. The molecule has 1 aromatic rings. The predicted octanol–water partition coefficient (Wildman–Crippen LogP) is 2.67. The van der Waals surface area contributed by atoms with E-state index in [2.05, 4.69) is 0 Å². The van der Waals surface area contributed by atoms with Crippen molar-refractivity contribution >= 4 is 46.9 Å². The van der Waals surface area contributed by atoms with Gasteiger partial charge in [0.2, 0.25) is 5.91 Å². The van der Waals surface area contributed by atoms with Crippen LogP contribution in [0.1, 0.15) is 6.92 Å². The van der Waals surface area contributed by atoms with Crippen molar-refractivity contribution in [3.8, 4) is 0 Å². The van der Waals surface area contributed by atoms with Gasteiger partial charge in [-0.2, -0.15) is 0 Å². The molecule has 0 heterocycles. The van der Waals surface area contributed by atoms with E-state index in [9.17, 15) is 9.59 Å². The Morgan fingerprint density at radius 3 is 2.35 bits per heavy atom. The molecular weight excluding hydrogens is 283 g/mol. The maximum absolute atomic E-state index is 11.5. The van der Waals surface area contributed by atoms with Crippen LogP contribution in [-0.4, -0.2) is 17.2 Å². The van der Waals surface area contributed by atoms with Crippen molar-refractivity contribution < 1.29 is 9.59 Å². The summed E-state index contributed by atoms with van der Waals surface area (Å²) in [6.07, 6.45) is 0. The molecule has 4 nitrogen and oxygen atoms in total. The first-order valence-electron chi connectivity index (χ1n) is 4.62. The number of hydrogen-bond donors (Lipinski definition) is 2. The van der Waals surface area contributed by atoms with Crippen LogP contribution in [-0.2, 0) is 4.79 Å². The first-order valence-corrected chi connectivity index (χ1v) is 6.26. The summed E-state index contributed by atoms with van der Waals surface area (Å²) in [4.78, 5) is 22.6. The van der Waals surface area contributed by atoms with E-state index >= 15 is 0 Å². The van der Waals surface area contributed by atoms with E-state index < -0.39 is 17.2 Å². The second-order valence-corrected chi connectivity index (χ2v) is 5.33. The molecule has 0 spiro atoms. The predicted molar refractivity (Wildman–Crippen MR) is 69.5 cm³/mol. The van der Waals surface area contributed by atoms with Crippen molar-refractivity contribution in [1.82, 2.24) is 5.32 Å². The third-order valence-electron chi connectivity index (χ3n) is 1.83. The largest absolute Gasteiger partial charge is 0.351 e. The number of carbonyl (C=O) groups excluding carboxylic acids is 2. The lowest BCUT2D eigenvalue weighted by molar-refractivity contribution is -0.119. The highest BCUT2D eigenvalue weighted by Crippen LogP contribution is 2.36. The van der Waals surface area contributed by atoms with Crippen LogP contribution in [0.3, 0.4) is 0 Å². The highest BCUT2D eigenvalue weighted by molar-refractivity contribution is 8.00. The average Bonchev–Trinajstić information content (AvgIpc) is 2.22. The van der Waals surface area contributed by atoms with Gasteiger partial charge in [0, 0.05) is 4.90 Å². The smallest absolute Gasteiger partial charge is 0.318 e. The topological polar surface area (TPSA) is 72.2 Å². The lowest BCUT2D eigenvalue weighted by Gasteiger charge is -2.12. The van der Waals surface area contributed by atoms with Gasteiger partial charge in [0.1, 0.15) is 0 Å². The molecule has 0 aliphatic carbocycles. The fraction of sp³-hybridized carbons (Fsp3) is 0.200. The number of imide groups is 1. The molecule has 7 heteroatoms. The van der Waals surface area contributed by atoms with E-state index in [0.29, 0.717) is 14.9 Å². The Hall–Kier alpha value is -0.910.